The Bertz CT molecular complexity index is 176. The SMILES string of the molecule is CCCCC(CC)CN(CCN)CC(CC)CCCC. The van der Waals surface area contributed by atoms with Gasteiger partial charge in [-0.25, -0.2) is 0 Å². The van der Waals surface area contributed by atoms with Crippen LogP contribution in [0.3, 0.4) is 0 Å². The van der Waals surface area contributed by atoms with Crippen LogP contribution in [-0.2, 0) is 0 Å². The molecular formula is C18H40N2. The van der Waals surface area contributed by atoms with Crippen molar-refractivity contribution in [1.29, 1.82) is 0 Å². The molecule has 0 aromatic rings. The lowest BCUT2D eigenvalue weighted by Gasteiger charge is -2.30. The standard InChI is InChI=1S/C18H40N2/c1-5-9-11-17(7-3)15-20(14-13-19)16-18(8-4)12-10-6-2/h17-18H,5-16,19H2,1-4H3. The molecule has 122 valence electrons. The van der Waals surface area contributed by atoms with Crippen molar-refractivity contribution < 1.29 is 0 Å². The second-order valence-corrected chi connectivity index (χ2v) is 6.38. The van der Waals surface area contributed by atoms with Gasteiger partial charge in [-0.15, -0.1) is 0 Å². The number of unbranched alkanes of at least 4 members (excludes halogenated alkanes) is 2. The molecule has 0 spiro atoms. The highest BCUT2D eigenvalue weighted by Gasteiger charge is 2.16. The van der Waals surface area contributed by atoms with Gasteiger partial charge in [-0.1, -0.05) is 66.2 Å². The Hall–Kier alpha value is -0.0800. The normalized spacial score (nSPS) is 14.7. The van der Waals surface area contributed by atoms with E-state index in [2.05, 4.69) is 32.6 Å². The summed E-state index contributed by atoms with van der Waals surface area (Å²) in [6, 6.07) is 0. The van der Waals surface area contributed by atoms with E-state index in [9.17, 15) is 0 Å². The number of hydrogen-bond donors (Lipinski definition) is 1. The molecule has 0 amide bonds. The molecule has 2 heteroatoms. The van der Waals surface area contributed by atoms with Crippen LogP contribution >= 0.6 is 0 Å². The molecule has 2 nitrogen and oxygen atoms in total. The summed E-state index contributed by atoms with van der Waals surface area (Å²) in [5, 5.41) is 0. The molecule has 0 heterocycles. The first-order valence-electron chi connectivity index (χ1n) is 9.13. The number of rotatable bonds is 14. The largest absolute Gasteiger partial charge is 0.329 e. The molecule has 0 fully saturated rings. The first-order valence-corrected chi connectivity index (χ1v) is 9.13. The minimum absolute atomic E-state index is 0.800. The molecular weight excluding hydrogens is 244 g/mol. The second-order valence-electron chi connectivity index (χ2n) is 6.38. The van der Waals surface area contributed by atoms with Gasteiger partial charge < -0.3 is 10.6 Å². The van der Waals surface area contributed by atoms with Crippen LogP contribution in [0, 0.1) is 11.8 Å². The van der Waals surface area contributed by atoms with Gasteiger partial charge in [0.25, 0.3) is 0 Å². The summed E-state index contributed by atoms with van der Waals surface area (Å²) in [6.45, 7) is 13.7. The zero-order valence-electron chi connectivity index (χ0n) is 14.7. The summed E-state index contributed by atoms with van der Waals surface area (Å²) in [5.41, 5.74) is 5.82. The van der Waals surface area contributed by atoms with Crippen molar-refractivity contribution >= 4 is 0 Å². The van der Waals surface area contributed by atoms with Crippen molar-refractivity contribution in [3.8, 4) is 0 Å². The van der Waals surface area contributed by atoms with E-state index in [1.807, 2.05) is 0 Å². The number of nitrogens with zero attached hydrogens (tertiary/aromatic N) is 1. The topological polar surface area (TPSA) is 29.3 Å². The maximum absolute atomic E-state index is 5.82. The highest BCUT2D eigenvalue weighted by molar-refractivity contribution is 4.70. The molecule has 0 aliphatic heterocycles. The first kappa shape index (κ1) is 19.9. The molecule has 0 aliphatic carbocycles. The minimum Gasteiger partial charge on any atom is -0.329 e. The lowest BCUT2D eigenvalue weighted by atomic mass is 9.95. The highest BCUT2D eigenvalue weighted by atomic mass is 15.1. The summed E-state index contributed by atoms with van der Waals surface area (Å²) in [5.74, 6) is 1.73. The average molecular weight is 285 g/mol. The fraction of sp³-hybridized carbons (Fsp3) is 1.00. The van der Waals surface area contributed by atoms with Crippen molar-refractivity contribution in [2.75, 3.05) is 26.2 Å². The number of nitrogens with two attached hydrogens (primary N) is 1. The third-order valence-electron chi connectivity index (χ3n) is 4.56. The zero-order valence-corrected chi connectivity index (χ0v) is 14.7. The van der Waals surface area contributed by atoms with Crippen LogP contribution in [0.1, 0.15) is 79.1 Å². The Morgan fingerprint density at radius 1 is 0.800 bits per heavy atom. The van der Waals surface area contributed by atoms with Gasteiger partial charge in [-0.05, 0) is 24.7 Å². The van der Waals surface area contributed by atoms with Crippen LogP contribution in [0.4, 0.5) is 0 Å². The second kappa shape index (κ2) is 13.9. The summed E-state index contributed by atoms with van der Waals surface area (Å²) >= 11 is 0. The van der Waals surface area contributed by atoms with Crippen LogP contribution in [0.15, 0.2) is 0 Å². The van der Waals surface area contributed by atoms with Gasteiger partial charge >= 0.3 is 0 Å². The van der Waals surface area contributed by atoms with Crippen molar-refractivity contribution in [3.63, 3.8) is 0 Å². The number of hydrogen-bond acceptors (Lipinski definition) is 2. The molecule has 0 bridgehead atoms. The maximum atomic E-state index is 5.82. The van der Waals surface area contributed by atoms with E-state index in [4.69, 9.17) is 5.73 Å². The molecule has 0 radical (unpaired) electrons. The minimum atomic E-state index is 0.800. The predicted octanol–water partition coefficient (Wildman–Crippen LogP) is 4.68. The summed E-state index contributed by atoms with van der Waals surface area (Å²) in [7, 11) is 0. The average Bonchev–Trinajstić information content (AvgIpc) is 2.47. The lowest BCUT2D eigenvalue weighted by molar-refractivity contribution is 0.185. The highest BCUT2D eigenvalue weighted by Crippen LogP contribution is 2.18. The van der Waals surface area contributed by atoms with Gasteiger partial charge in [-0.3, -0.25) is 0 Å². The molecule has 0 aromatic heterocycles. The van der Waals surface area contributed by atoms with Gasteiger partial charge in [0.05, 0.1) is 0 Å². The molecule has 2 N–H and O–H groups in total. The third-order valence-corrected chi connectivity index (χ3v) is 4.56. The van der Waals surface area contributed by atoms with Crippen LogP contribution < -0.4 is 5.73 Å². The lowest BCUT2D eigenvalue weighted by Crippen LogP contribution is -2.37. The van der Waals surface area contributed by atoms with E-state index in [0.29, 0.717) is 0 Å². The molecule has 0 aromatic carbocycles. The van der Waals surface area contributed by atoms with E-state index in [1.165, 1.54) is 64.5 Å². The molecule has 0 aliphatic rings. The van der Waals surface area contributed by atoms with Crippen molar-refractivity contribution in [2.24, 2.45) is 17.6 Å². The zero-order chi connectivity index (χ0) is 15.2. The Balaban J connectivity index is 4.29. The molecule has 0 saturated carbocycles. The molecule has 0 rings (SSSR count). The smallest absolute Gasteiger partial charge is 0.0105 e. The van der Waals surface area contributed by atoms with E-state index >= 15 is 0 Å². The molecule has 20 heavy (non-hydrogen) atoms. The quantitative estimate of drug-likeness (QED) is 0.502. The van der Waals surface area contributed by atoms with E-state index < -0.39 is 0 Å². The molecule has 2 atom stereocenters. The van der Waals surface area contributed by atoms with Crippen LogP contribution in [0.2, 0.25) is 0 Å². The van der Waals surface area contributed by atoms with E-state index in [1.54, 1.807) is 0 Å². The Labute approximate surface area is 128 Å². The predicted molar refractivity (Wildman–Crippen MR) is 92.1 cm³/mol. The van der Waals surface area contributed by atoms with Crippen LogP contribution in [-0.4, -0.2) is 31.1 Å². The van der Waals surface area contributed by atoms with Gasteiger partial charge in [-0.2, -0.15) is 0 Å². The van der Waals surface area contributed by atoms with Crippen molar-refractivity contribution in [1.82, 2.24) is 4.90 Å². The van der Waals surface area contributed by atoms with Crippen LogP contribution in [0.25, 0.3) is 0 Å². The van der Waals surface area contributed by atoms with Gasteiger partial charge in [0.1, 0.15) is 0 Å². The fourth-order valence-electron chi connectivity index (χ4n) is 3.00. The third kappa shape index (κ3) is 9.77. The Morgan fingerprint density at radius 2 is 1.25 bits per heavy atom. The summed E-state index contributed by atoms with van der Waals surface area (Å²) in [6.07, 6.45) is 10.8. The maximum Gasteiger partial charge on any atom is 0.0105 e. The van der Waals surface area contributed by atoms with Gasteiger partial charge in [0.2, 0.25) is 0 Å². The van der Waals surface area contributed by atoms with Gasteiger partial charge in [0, 0.05) is 26.2 Å². The van der Waals surface area contributed by atoms with Gasteiger partial charge in [0.15, 0.2) is 0 Å². The van der Waals surface area contributed by atoms with Crippen molar-refractivity contribution in [3.05, 3.63) is 0 Å². The monoisotopic (exact) mass is 284 g/mol. The van der Waals surface area contributed by atoms with Crippen LogP contribution in [0.5, 0.6) is 0 Å². The molecule has 0 saturated heterocycles. The fourth-order valence-corrected chi connectivity index (χ4v) is 3.00. The van der Waals surface area contributed by atoms with Crippen molar-refractivity contribution in [2.45, 2.75) is 79.1 Å². The summed E-state index contributed by atoms with van der Waals surface area (Å²) in [4.78, 5) is 2.65. The Morgan fingerprint density at radius 3 is 1.55 bits per heavy atom. The first-order chi connectivity index (χ1) is 9.71. The Kier molecular flexibility index (Phi) is 13.8. The molecule has 2 unspecified atom stereocenters. The van der Waals surface area contributed by atoms with E-state index in [-0.39, 0.29) is 0 Å². The van der Waals surface area contributed by atoms with E-state index in [0.717, 1.165) is 24.9 Å². The summed E-state index contributed by atoms with van der Waals surface area (Å²) < 4.78 is 0.